The monoisotopic (exact) mass is 468 g/mol. The number of carbonyl (C=O) groups excluding carboxylic acids is 1. The highest BCUT2D eigenvalue weighted by Gasteiger charge is 2.30. The Morgan fingerprint density at radius 1 is 1.26 bits per heavy atom. The summed E-state index contributed by atoms with van der Waals surface area (Å²) in [5.41, 5.74) is 6.53. The van der Waals surface area contributed by atoms with Crippen LogP contribution in [0.25, 0.3) is 17.1 Å². The molecule has 6 nitrogen and oxygen atoms in total. The van der Waals surface area contributed by atoms with E-state index in [-0.39, 0.29) is 23.6 Å². The fourth-order valence-corrected chi connectivity index (χ4v) is 5.79. The van der Waals surface area contributed by atoms with Gasteiger partial charge < -0.3 is 14.6 Å². The van der Waals surface area contributed by atoms with Gasteiger partial charge in [0.25, 0.3) is 0 Å². The van der Waals surface area contributed by atoms with E-state index in [1.807, 2.05) is 19.9 Å². The SMILES string of the molecule is Cc1cc(C)c2c(C#N)c(C=CC(=O)NC3CCOC(C)(C)C3)n(C3Cc4ccccc4C3)c2n1. The van der Waals surface area contributed by atoms with Crippen molar-refractivity contribution >= 4 is 23.0 Å². The summed E-state index contributed by atoms with van der Waals surface area (Å²) in [4.78, 5) is 17.8. The molecule has 5 rings (SSSR count). The number of aromatic nitrogens is 2. The number of rotatable bonds is 4. The minimum atomic E-state index is -0.237. The number of fused-ring (bicyclic) bond motifs is 2. The number of ether oxygens (including phenoxy) is 1. The summed E-state index contributed by atoms with van der Waals surface area (Å²) in [5, 5.41) is 14.2. The molecule has 1 amide bonds. The van der Waals surface area contributed by atoms with E-state index in [4.69, 9.17) is 9.72 Å². The molecule has 2 aliphatic rings. The first-order valence-corrected chi connectivity index (χ1v) is 12.4. The maximum absolute atomic E-state index is 12.9. The Balaban J connectivity index is 1.53. The first-order valence-electron chi connectivity index (χ1n) is 12.4. The average Bonchev–Trinajstić information content (AvgIpc) is 3.35. The number of nitriles is 1. The van der Waals surface area contributed by atoms with Gasteiger partial charge in [0.1, 0.15) is 11.7 Å². The van der Waals surface area contributed by atoms with Crippen molar-refractivity contribution in [2.75, 3.05) is 6.61 Å². The Hall–Kier alpha value is -3.43. The van der Waals surface area contributed by atoms with Gasteiger partial charge in [0.15, 0.2) is 0 Å². The molecule has 0 spiro atoms. The van der Waals surface area contributed by atoms with Crippen LogP contribution in [0.4, 0.5) is 0 Å². The quantitative estimate of drug-likeness (QED) is 0.550. The van der Waals surface area contributed by atoms with Crippen LogP contribution in [0.3, 0.4) is 0 Å². The Kier molecular flexibility index (Phi) is 5.98. The van der Waals surface area contributed by atoms with Gasteiger partial charge in [-0.05, 0) is 82.2 Å². The topological polar surface area (TPSA) is 79.9 Å². The fraction of sp³-hybridized carbons (Fsp3) is 0.414. The van der Waals surface area contributed by atoms with E-state index < -0.39 is 0 Å². The molecule has 0 saturated carbocycles. The van der Waals surface area contributed by atoms with Gasteiger partial charge in [-0.15, -0.1) is 0 Å². The van der Waals surface area contributed by atoms with E-state index in [9.17, 15) is 10.1 Å². The van der Waals surface area contributed by atoms with E-state index in [2.05, 4.69) is 54.1 Å². The lowest BCUT2D eigenvalue weighted by atomic mass is 9.94. The predicted molar refractivity (Wildman–Crippen MR) is 137 cm³/mol. The van der Waals surface area contributed by atoms with Crippen LogP contribution in [0.5, 0.6) is 0 Å². The maximum atomic E-state index is 12.9. The number of nitrogens with one attached hydrogen (secondary N) is 1. The minimum absolute atomic E-state index is 0.0769. The fourth-order valence-electron chi connectivity index (χ4n) is 5.79. The molecular weight excluding hydrogens is 436 g/mol. The first-order chi connectivity index (χ1) is 16.8. The van der Waals surface area contributed by atoms with Crippen LogP contribution < -0.4 is 5.32 Å². The molecule has 1 fully saturated rings. The standard InChI is InChI=1S/C29H32N4O2/c1-18-13-19(2)31-28-27(18)24(17-30)25(33(28)23-14-20-7-5-6-8-21(20)15-23)9-10-26(34)32-22-11-12-35-29(3,4)16-22/h5-10,13,22-23H,11-12,14-16H2,1-4H3,(H,32,34). The second-order valence-electron chi connectivity index (χ2n) is 10.5. The molecule has 1 unspecified atom stereocenters. The maximum Gasteiger partial charge on any atom is 0.244 e. The molecule has 1 N–H and O–H groups in total. The lowest BCUT2D eigenvalue weighted by molar-refractivity contribution is -0.119. The number of nitrogens with zero attached hydrogens (tertiary/aromatic N) is 3. The number of hydrogen-bond acceptors (Lipinski definition) is 4. The second-order valence-corrected chi connectivity index (χ2v) is 10.5. The van der Waals surface area contributed by atoms with Gasteiger partial charge in [0.2, 0.25) is 5.91 Å². The predicted octanol–water partition coefficient (Wildman–Crippen LogP) is 4.95. The Labute approximate surface area is 206 Å². The lowest BCUT2D eigenvalue weighted by Crippen LogP contribution is -2.45. The molecule has 1 aromatic carbocycles. The highest BCUT2D eigenvalue weighted by atomic mass is 16.5. The lowest BCUT2D eigenvalue weighted by Gasteiger charge is -2.35. The van der Waals surface area contributed by atoms with Crippen molar-refractivity contribution in [3.8, 4) is 6.07 Å². The van der Waals surface area contributed by atoms with Gasteiger partial charge in [-0.3, -0.25) is 4.79 Å². The van der Waals surface area contributed by atoms with Gasteiger partial charge >= 0.3 is 0 Å². The smallest absolute Gasteiger partial charge is 0.244 e. The van der Waals surface area contributed by atoms with Crippen molar-refractivity contribution in [2.24, 2.45) is 0 Å². The summed E-state index contributed by atoms with van der Waals surface area (Å²) >= 11 is 0. The highest BCUT2D eigenvalue weighted by molar-refractivity contribution is 5.96. The van der Waals surface area contributed by atoms with Crippen molar-refractivity contribution in [3.05, 3.63) is 70.0 Å². The van der Waals surface area contributed by atoms with Crippen LogP contribution in [0.2, 0.25) is 0 Å². The molecule has 1 aliphatic heterocycles. The molecule has 1 atom stereocenters. The molecular formula is C29H32N4O2. The van der Waals surface area contributed by atoms with Crippen LogP contribution in [0.1, 0.15) is 66.4 Å². The third-order valence-electron chi connectivity index (χ3n) is 7.26. The number of carbonyl (C=O) groups is 1. The summed E-state index contributed by atoms with van der Waals surface area (Å²) in [5.74, 6) is -0.149. The van der Waals surface area contributed by atoms with Gasteiger partial charge in [-0.1, -0.05) is 24.3 Å². The number of amides is 1. The molecule has 0 radical (unpaired) electrons. The number of hydrogen-bond donors (Lipinski definition) is 1. The summed E-state index contributed by atoms with van der Waals surface area (Å²) < 4.78 is 7.96. The minimum Gasteiger partial charge on any atom is -0.375 e. The molecule has 3 heterocycles. The number of pyridine rings is 1. The number of aryl methyl sites for hydroxylation is 2. The zero-order valence-electron chi connectivity index (χ0n) is 20.9. The Morgan fingerprint density at radius 3 is 2.63 bits per heavy atom. The van der Waals surface area contributed by atoms with Crippen LogP contribution in [0, 0.1) is 25.2 Å². The Bertz CT molecular complexity index is 1350. The summed E-state index contributed by atoms with van der Waals surface area (Å²) in [6.45, 7) is 8.75. The van der Waals surface area contributed by atoms with Crippen molar-refractivity contribution in [2.45, 2.75) is 71.1 Å². The zero-order chi connectivity index (χ0) is 24.7. The van der Waals surface area contributed by atoms with E-state index >= 15 is 0 Å². The van der Waals surface area contributed by atoms with Gasteiger partial charge in [-0.25, -0.2) is 4.98 Å². The molecule has 0 bridgehead atoms. The van der Waals surface area contributed by atoms with Crippen molar-refractivity contribution in [1.29, 1.82) is 5.26 Å². The molecule has 1 aliphatic carbocycles. The van der Waals surface area contributed by atoms with Crippen LogP contribution in [0.15, 0.2) is 36.4 Å². The van der Waals surface area contributed by atoms with E-state index in [0.717, 1.165) is 53.7 Å². The highest BCUT2D eigenvalue weighted by Crippen LogP contribution is 2.37. The molecule has 35 heavy (non-hydrogen) atoms. The summed E-state index contributed by atoms with van der Waals surface area (Å²) in [6, 6.07) is 13.2. The zero-order valence-corrected chi connectivity index (χ0v) is 20.9. The van der Waals surface area contributed by atoms with Crippen LogP contribution >= 0.6 is 0 Å². The van der Waals surface area contributed by atoms with Crippen molar-refractivity contribution < 1.29 is 9.53 Å². The third kappa shape index (κ3) is 4.49. The van der Waals surface area contributed by atoms with E-state index in [0.29, 0.717) is 12.2 Å². The van der Waals surface area contributed by atoms with E-state index in [1.54, 1.807) is 12.2 Å². The van der Waals surface area contributed by atoms with Gasteiger partial charge in [0, 0.05) is 35.8 Å². The third-order valence-corrected chi connectivity index (χ3v) is 7.26. The number of benzene rings is 1. The van der Waals surface area contributed by atoms with Gasteiger partial charge in [-0.2, -0.15) is 5.26 Å². The summed E-state index contributed by atoms with van der Waals surface area (Å²) in [6.07, 6.45) is 6.71. The molecule has 180 valence electrons. The van der Waals surface area contributed by atoms with E-state index in [1.165, 1.54) is 11.1 Å². The first kappa shape index (κ1) is 23.3. The molecule has 1 saturated heterocycles. The van der Waals surface area contributed by atoms with Gasteiger partial charge in [0.05, 0.1) is 16.9 Å². The van der Waals surface area contributed by atoms with Crippen molar-refractivity contribution in [3.63, 3.8) is 0 Å². The normalized spacial score (nSPS) is 19.7. The molecule has 2 aromatic heterocycles. The average molecular weight is 469 g/mol. The van der Waals surface area contributed by atoms with Crippen LogP contribution in [-0.2, 0) is 22.4 Å². The Morgan fingerprint density at radius 2 is 1.97 bits per heavy atom. The largest absolute Gasteiger partial charge is 0.375 e. The summed E-state index contributed by atoms with van der Waals surface area (Å²) in [7, 11) is 0. The van der Waals surface area contributed by atoms with Crippen LogP contribution in [-0.4, -0.2) is 33.7 Å². The van der Waals surface area contributed by atoms with Crippen molar-refractivity contribution in [1.82, 2.24) is 14.9 Å². The molecule has 3 aromatic rings. The second kappa shape index (κ2) is 8.98. The molecule has 6 heteroatoms.